The Morgan fingerprint density at radius 3 is 2.42 bits per heavy atom. The number of ether oxygens (including phenoxy) is 2. The minimum absolute atomic E-state index is 0.252. The van der Waals surface area contributed by atoms with E-state index in [1.807, 2.05) is 26.0 Å². The molecule has 136 valence electrons. The molecule has 0 unspecified atom stereocenters. The molecule has 6 heteroatoms. The van der Waals surface area contributed by atoms with Crippen molar-refractivity contribution < 1.29 is 23.9 Å². The number of methoxy groups -OCH3 is 1. The maximum Gasteiger partial charge on any atom is 0.347 e. The highest BCUT2D eigenvalue weighted by Crippen LogP contribution is 2.11. The first-order chi connectivity index (χ1) is 12.5. The van der Waals surface area contributed by atoms with Gasteiger partial charge in [-0.25, -0.2) is 4.79 Å². The summed E-state index contributed by atoms with van der Waals surface area (Å²) in [6.45, 7) is 3.10. The second-order valence-electron chi connectivity index (χ2n) is 5.68. The number of Topliss-reactive ketones (excluding diaryl/α,β-unsaturated/α-hetero) is 1. The lowest BCUT2D eigenvalue weighted by Gasteiger charge is -2.07. The average Bonchev–Trinajstić information content (AvgIpc) is 2.63. The van der Waals surface area contributed by atoms with Crippen molar-refractivity contribution in [2.75, 3.05) is 20.3 Å². The predicted octanol–water partition coefficient (Wildman–Crippen LogP) is 3.09. The molecule has 26 heavy (non-hydrogen) atoms. The van der Waals surface area contributed by atoms with E-state index < -0.39 is 5.97 Å². The molecule has 0 saturated carbocycles. The van der Waals surface area contributed by atoms with Gasteiger partial charge in [0.2, 0.25) is 12.4 Å². The summed E-state index contributed by atoms with van der Waals surface area (Å²) in [4.78, 5) is 28.6. The highest BCUT2D eigenvalue weighted by molar-refractivity contribution is 5.99. The van der Waals surface area contributed by atoms with Crippen LogP contribution in [0.4, 0.5) is 0 Å². The number of nitrogens with zero attached hydrogens (tertiary/aromatic N) is 1. The summed E-state index contributed by atoms with van der Waals surface area (Å²) in [7, 11) is 1.59. The third-order valence-electron chi connectivity index (χ3n) is 3.62. The zero-order chi connectivity index (χ0) is 18.9. The van der Waals surface area contributed by atoms with Gasteiger partial charge in [0.15, 0.2) is 6.61 Å². The summed E-state index contributed by atoms with van der Waals surface area (Å²) in [6.07, 6.45) is 1.47. The molecular weight excluding hydrogens is 334 g/mol. The van der Waals surface area contributed by atoms with Gasteiger partial charge in [0.25, 0.3) is 0 Å². The topological polar surface area (TPSA) is 74.2 Å². The van der Waals surface area contributed by atoms with Crippen LogP contribution in [0.3, 0.4) is 0 Å². The molecule has 2 aromatic rings. The standard InChI is InChI=1S/C20H21NO5/c1-14-4-9-18(15(2)10-14)19(22)12-25-20(23)13-26-21-11-16-5-7-17(24-3)8-6-16/h4-11H,12-13H2,1-3H3/b21-11-. The Hall–Kier alpha value is -3.15. The van der Waals surface area contributed by atoms with Crippen molar-refractivity contribution in [1.82, 2.24) is 0 Å². The third kappa shape index (κ3) is 5.73. The van der Waals surface area contributed by atoms with Crippen LogP contribution >= 0.6 is 0 Å². The van der Waals surface area contributed by atoms with Crippen LogP contribution in [0.25, 0.3) is 0 Å². The molecule has 2 rings (SSSR count). The molecule has 6 nitrogen and oxygen atoms in total. The van der Waals surface area contributed by atoms with Crippen LogP contribution in [0, 0.1) is 13.8 Å². The van der Waals surface area contributed by atoms with E-state index in [-0.39, 0.29) is 19.0 Å². The molecule has 0 fully saturated rings. The fraction of sp³-hybridized carbons (Fsp3) is 0.250. The minimum atomic E-state index is -0.657. The number of oxime groups is 1. The summed E-state index contributed by atoms with van der Waals surface area (Å²) >= 11 is 0. The SMILES string of the molecule is COc1ccc(/C=N\OCC(=O)OCC(=O)c2ccc(C)cc2C)cc1. The number of benzene rings is 2. The molecule has 0 bridgehead atoms. The van der Waals surface area contributed by atoms with Gasteiger partial charge >= 0.3 is 5.97 Å². The van der Waals surface area contributed by atoms with Gasteiger partial charge < -0.3 is 14.3 Å². The first-order valence-corrected chi connectivity index (χ1v) is 8.05. The smallest absolute Gasteiger partial charge is 0.347 e. The predicted molar refractivity (Wildman–Crippen MR) is 97.7 cm³/mol. The molecule has 0 aliphatic heterocycles. The van der Waals surface area contributed by atoms with Gasteiger partial charge in [-0.05, 0) is 49.2 Å². The lowest BCUT2D eigenvalue weighted by atomic mass is 10.0. The maximum absolute atomic E-state index is 12.1. The molecule has 0 atom stereocenters. The van der Waals surface area contributed by atoms with E-state index >= 15 is 0 Å². The number of hydrogen-bond acceptors (Lipinski definition) is 6. The zero-order valence-corrected chi connectivity index (χ0v) is 15.0. The maximum atomic E-state index is 12.1. The van der Waals surface area contributed by atoms with E-state index in [9.17, 15) is 9.59 Å². The van der Waals surface area contributed by atoms with Crippen molar-refractivity contribution in [3.63, 3.8) is 0 Å². The number of aryl methyl sites for hydroxylation is 2. The van der Waals surface area contributed by atoms with Crippen molar-refractivity contribution in [2.24, 2.45) is 5.16 Å². The summed E-state index contributed by atoms with van der Waals surface area (Å²) < 4.78 is 9.98. The Morgan fingerprint density at radius 1 is 1.04 bits per heavy atom. The van der Waals surface area contributed by atoms with Gasteiger partial charge in [-0.2, -0.15) is 0 Å². The number of hydrogen-bond donors (Lipinski definition) is 0. The van der Waals surface area contributed by atoms with Crippen LogP contribution in [0.15, 0.2) is 47.6 Å². The molecule has 0 saturated heterocycles. The van der Waals surface area contributed by atoms with Gasteiger partial charge in [0, 0.05) is 5.56 Å². The Kier molecular flexibility index (Phi) is 6.91. The molecule has 0 spiro atoms. The van der Waals surface area contributed by atoms with Gasteiger partial charge in [0.1, 0.15) is 5.75 Å². The summed E-state index contributed by atoms with van der Waals surface area (Å²) in [6, 6.07) is 12.7. The largest absolute Gasteiger partial charge is 0.497 e. The molecule has 0 radical (unpaired) electrons. The van der Waals surface area contributed by atoms with Crippen molar-refractivity contribution in [3.8, 4) is 5.75 Å². The highest BCUT2D eigenvalue weighted by Gasteiger charge is 2.12. The van der Waals surface area contributed by atoms with Crippen molar-refractivity contribution in [1.29, 1.82) is 0 Å². The third-order valence-corrected chi connectivity index (χ3v) is 3.62. The summed E-state index contributed by atoms with van der Waals surface area (Å²) in [5, 5.41) is 3.69. The molecule has 0 aromatic heterocycles. The van der Waals surface area contributed by atoms with Crippen molar-refractivity contribution >= 4 is 18.0 Å². The quantitative estimate of drug-likeness (QED) is 0.315. The molecule has 0 amide bonds. The number of rotatable bonds is 8. The van der Waals surface area contributed by atoms with E-state index in [1.54, 1.807) is 37.4 Å². The minimum Gasteiger partial charge on any atom is -0.497 e. The van der Waals surface area contributed by atoms with Crippen LogP contribution in [-0.4, -0.2) is 38.3 Å². The normalized spacial score (nSPS) is 10.6. The Bertz CT molecular complexity index is 796. The number of esters is 1. The van der Waals surface area contributed by atoms with Crippen molar-refractivity contribution in [2.45, 2.75) is 13.8 Å². The first-order valence-electron chi connectivity index (χ1n) is 8.05. The van der Waals surface area contributed by atoms with Crippen LogP contribution in [0.5, 0.6) is 5.75 Å². The number of carbonyl (C=O) groups is 2. The van der Waals surface area contributed by atoms with E-state index in [0.717, 1.165) is 22.4 Å². The highest BCUT2D eigenvalue weighted by atomic mass is 16.7. The van der Waals surface area contributed by atoms with Gasteiger partial charge in [-0.3, -0.25) is 4.79 Å². The molecule has 2 aromatic carbocycles. The second kappa shape index (κ2) is 9.36. The fourth-order valence-electron chi connectivity index (χ4n) is 2.27. The summed E-state index contributed by atoms with van der Waals surface area (Å²) in [5.41, 5.74) is 3.26. The van der Waals surface area contributed by atoms with Crippen LogP contribution in [0.1, 0.15) is 27.0 Å². The van der Waals surface area contributed by atoms with Crippen LogP contribution < -0.4 is 4.74 Å². The number of ketones is 1. The first kappa shape index (κ1) is 19.2. The molecular formula is C20H21NO5. The lowest BCUT2D eigenvalue weighted by molar-refractivity contribution is -0.147. The molecule has 0 aliphatic carbocycles. The lowest BCUT2D eigenvalue weighted by Crippen LogP contribution is -2.18. The molecule has 0 heterocycles. The van der Waals surface area contributed by atoms with E-state index in [2.05, 4.69) is 5.16 Å². The second-order valence-corrected chi connectivity index (χ2v) is 5.68. The van der Waals surface area contributed by atoms with Crippen LogP contribution in [0.2, 0.25) is 0 Å². The van der Waals surface area contributed by atoms with Crippen LogP contribution in [-0.2, 0) is 14.4 Å². The van der Waals surface area contributed by atoms with Gasteiger partial charge in [-0.1, -0.05) is 28.9 Å². The van der Waals surface area contributed by atoms with E-state index in [1.165, 1.54) is 6.21 Å². The Balaban J connectivity index is 1.74. The Morgan fingerprint density at radius 2 is 1.77 bits per heavy atom. The van der Waals surface area contributed by atoms with Gasteiger partial charge in [-0.15, -0.1) is 0 Å². The van der Waals surface area contributed by atoms with E-state index in [4.69, 9.17) is 14.3 Å². The summed E-state index contributed by atoms with van der Waals surface area (Å²) in [5.74, 6) is -0.173. The molecule has 0 aliphatic rings. The number of carbonyl (C=O) groups excluding carboxylic acids is 2. The fourth-order valence-corrected chi connectivity index (χ4v) is 2.27. The zero-order valence-electron chi connectivity index (χ0n) is 15.0. The van der Waals surface area contributed by atoms with Crippen molar-refractivity contribution in [3.05, 3.63) is 64.7 Å². The average molecular weight is 355 g/mol. The van der Waals surface area contributed by atoms with Gasteiger partial charge in [0.05, 0.1) is 13.3 Å². The monoisotopic (exact) mass is 355 g/mol. The Labute approximate surface area is 152 Å². The van der Waals surface area contributed by atoms with E-state index in [0.29, 0.717) is 5.56 Å². The molecule has 0 N–H and O–H groups in total.